The van der Waals surface area contributed by atoms with Gasteiger partial charge in [0.15, 0.2) is 5.13 Å². The van der Waals surface area contributed by atoms with Crippen LogP contribution in [0, 0.1) is 0 Å². The minimum atomic E-state index is -0.605. The minimum Gasteiger partial charge on any atom is -0.387 e. The number of hydrogen-bond acceptors (Lipinski definition) is 4. The van der Waals surface area contributed by atoms with Crippen LogP contribution in [-0.2, 0) is 11.2 Å². The van der Waals surface area contributed by atoms with Crippen molar-refractivity contribution in [2.24, 2.45) is 0 Å². The molecule has 0 fully saturated rings. The van der Waals surface area contributed by atoms with Crippen LogP contribution in [0.4, 0.5) is 5.13 Å². The molecule has 0 radical (unpaired) electrons. The smallest absolute Gasteiger partial charge is 0.234 e. The molecule has 0 bridgehead atoms. The number of aliphatic hydroxyl groups is 1. The summed E-state index contributed by atoms with van der Waals surface area (Å²) in [6.07, 6.45) is 0.183. The molecule has 5 heteroatoms. The number of nitrogens with zero attached hydrogens (tertiary/aromatic N) is 1. The summed E-state index contributed by atoms with van der Waals surface area (Å²) < 4.78 is 0. The maximum atomic E-state index is 12.1. The van der Waals surface area contributed by atoms with E-state index in [-0.39, 0.29) is 11.8 Å². The molecule has 1 aliphatic rings. The normalized spacial score (nSPS) is 18.3. The number of amides is 1. The first-order valence-electron chi connectivity index (χ1n) is 6.17. The van der Waals surface area contributed by atoms with Crippen molar-refractivity contribution >= 4 is 22.4 Å². The van der Waals surface area contributed by atoms with Gasteiger partial charge in [0.1, 0.15) is 0 Å². The number of aromatic nitrogens is 1. The molecule has 1 aliphatic carbocycles. The van der Waals surface area contributed by atoms with Gasteiger partial charge < -0.3 is 10.4 Å². The van der Waals surface area contributed by atoms with Gasteiger partial charge in [-0.2, -0.15) is 0 Å². The van der Waals surface area contributed by atoms with Crippen molar-refractivity contribution < 1.29 is 9.90 Å². The highest BCUT2D eigenvalue weighted by Crippen LogP contribution is 2.35. The predicted molar refractivity (Wildman–Crippen MR) is 74.3 cm³/mol. The van der Waals surface area contributed by atoms with E-state index in [0.29, 0.717) is 10.8 Å². The zero-order valence-electron chi connectivity index (χ0n) is 10.5. The summed E-state index contributed by atoms with van der Waals surface area (Å²) in [5.41, 5.74) is 2.94. The lowest BCUT2D eigenvalue weighted by Crippen LogP contribution is -2.30. The molecular formula is C14H14N2O2S. The van der Waals surface area contributed by atoms with Crippen LogP contribution in [-0.4, -0.2) is 16.0 Å². The average molecular weight is 274 g/mol. The fourth-order valence-corrected chi connectivity index (χ4v) is 3.02. The summed E-state index contributed by atoms with van der Waals surface area (Å²) in [6, 6.07) is 7.98. The van der Waals surface area contributed by atoms with E-state index in [1.54, 1.807) is 12.3 Å². The van der Waals surface area contributed by atoms with Crippen LogP contribution in [0.2, 0.25) is 0 Å². The summed E-state index contributed by atoms with van der Waals surface area (Å²) in [6.45, 7) is 1.66. The zero-order chi connectivity index (χ0) is 13.4. The Hall–Kier alpha value is -1.72. The summed E-state index contributed by atoms with van der Waals surface area (Å²) in [5, 5.41) is 14.5. The lowest BCUT2D eigenvalue weighted by atomic mass is 9.77. The summed E-state index contributed by atoms with van der Waals surface area (Å²) >= 11 is 1.34. The van der Waals surface area contributed by atoms with Gasteiger partial charge in [-0.3, -0.25) is 4.79 Å². The summed E-state index contributed by atoms with van der Waals surface area (Å²) in [7, 11) is 0. The van der Waals surface area contributed by atoms with Gasteiger partial charge in [-0.15, -0.1) is 11.3 Å². The highest BCUT2D eigenvalue weighted by atomic mass is 32.1. The Balaban J connectivity index is 1.70. The molecule has 1 aromatic carbocycles. The molecule has 0 saturated heterocycles. The third kappa shape index (κ3) is 2.27. The lowest BCUT2D eigenvalue weighted by molar-refractivity contribution is -0.118. The first-order chi connectivity index (χ1) is 9.15. The molecule has 98 valence electrons. The molecule has 19 heavy (non-hydrogen) atoms. The Morgan fingerprint density at radius 3 is 3.00 bits per heavy atom. The van der Waals surface area contributed by atoms with E-state index in [9.17, 15) is 9.90 Å². The molecule has 0 aliphatic heterocycles. The van der Waals surface area contributed by atoms with Gasteiger partial charge in [-0.25, -0.2) is 4.98 Å². The molecule has 2 unspecified atom stereocenters. The van der Waals surface area contributed by atoms with E-state index in [1.165, 1.54) is 16.9 Å². The van der Waals surface area contributed by atoms with Gasteiger partial charge in [-0.1, -0.05) is 24.3 Å². The summed E-state index contributed by atoms with van der Waals surface area (Å²) in [4.78, 5) is 16.3. The molecule has 4 nitrogen and oxygen atoms in total. The molecule has 1 heterocycles. The Kier molecular flexibility index (Phi) is 3.08. The first-order valence-corrected chi connectivity index (χ1v) is 7.05. The molecule has 3 rings (SSSR count). The Bertz CT molecular complexity index is 621. The topological polar surface area (TPSA) is 62.2 Å². The Morgan fingerprint density at radius 1 is 1.53 bits per heavy atom. The average Bonchev–Trinajstić information content (AvgIpc) is 2.79. The van der Waals surface area contributed by atoms with Crippen molar-refractivity contribution in [2.75, 3.05) is 5.32 Å². The third-order valence-corrected chi connectivity index (χ3v) is 4.13. The van der Waals surface area contributed by atoms with E-state index >= 15 is 0 Å². The van der Waals surface area contributed by atoms with Crippen LogP contribution in [0.15, 0.2) is 29.6 Å². The zero-order valence-corrected chi connectivity index (χ0v) is 11.3. The number of aliphatic hydroxyl groups excluding tert-OH is 1. The van der Waals surface area contributed by atoms with Crippen molar-refractivity contribution in [2.45, 2.75) is 25.4 Å². The molecule has 0 spiro atoms. The predicted octanol–water partition coefficient (Wildman–Crippen LogP) is 2.47. The van der Waals surface area contributed by atoms with Crippen molar-refractivity contribution in [3.05, 3.63) is 46.5 Å². The van der Waals surface area contributed by atoms with Crippen molar-refractivity contribution in [3.63, 3.8) is 0 Å². The second-order valence-corrected chi connectivity index (χ2v) is 5.56. The number of carbonyl (C=O) groups is 1. The number of benzene rings is 1. The largest absolute Gasteiger partial charge is 0.387 e. The third-order valence-electron chi connectivity index (χ3n) is 3.35. The van der Waals surface area contributed by atoms with E-state index in [2.05, 4.69) is 10.3 Å². The van der Waals surface area contributed by atoms with Crippen LogP contribution in [0.25, 0.3) is 0 Å². The molecule has 1 aromatic heterocycles. The van der Waals surface area contributed by atoms with E-state index in [1.807, 2.05) is 24.3 Å². The minimum absolute atomic E-state index is 0.0230. The fraction of sp³-hybridized carbons (Fsp3) is 0.286. The Morgan fingerprint density at radius 2 is 2.32 bits per heavy atom. The number of hydrogen-bond donors (Lipinski definition) is 2. The number of anilines is 1. The number of nitrogens with one attached hydrogen (secondary N) is 1. The van der Waals surface area contributed by atoms with Gasteiger partial charge in [0.05, 0.1) is 17.7 Å². The second-order valence-electron chi connectivity index (χ2n) is 4.70. The van der Waals surface area contributed by atoms with Crippen molar-refractivity contribution in [1.29, 1.82) is 0 Å². The summed E-state index contributed by atoms with van der Waals surface area (Å²) in [5.74, 6) is -0.0970. The Labute approximate surface area is 115 Å². The lowest BCUT2D eigenvalue weighted by Gasteiger charge is -2.28. The van der Waals surface area contributed by atoms with Gasteiger partial charge >= 0.3 is 0 Å². The molecular weight excluding hydrogens is 260 g/mol. The highest BCUT2D eigenvalue weighted by molar-refractivity contribution is 7.13. The number of rotatable bonds is 3. The molecule has 2 N–H and O–H groups in total. The van der Waals surface area contributed by atoms with Crippen LogP contribution < -0.4 is 5.32 Å². The first kappa shape index (κ1) is 12.3. The van der Waals surface area contributed by atoms with Gasteiger partial charge in [0, 0.05) is 5.38 Å². The van der Waals surface area contributed by atoms with Crippen molar-refractivity contribution in [3.8, 4) is 0 Å². The molecule has 0 saturated carbocycles. The van der Waals surface area contributed by atoms with E-state index < -0.39 is 6.10 Å². The van der Waals surface area contributed by atoms with E-state index in [0.717, 1.165) is 12.0 Å². The van der Waals surface area contributed by atoms with Gasteiger partial charge in [0.2, 0.25) is 5.91 Å². The van der Waals surface area contributed by atoms with E-state index in [4.69, 9.17) is 0 Å². The monoisotopic (exact) mass is 274 g/mol. The maximum absolute atomic E-state index is 12.1. The number of fused-ring (bicyclic) bond motifs is 1. The fourth-order valence-electron chi connectivity index (χ4n) is 2.22. The number of carbonyl (C=O) groups excluding carboxylic acids is 1. The van der Waals surface area contributed by atoms with Gasteiger partial charge in [0.25, 0.3) is 0 Å². The van der Waals surface area contributed by atoms with Crippen LogP contribution in [0.1, 0.15) is 35.8 Å². The van der Waals surface area contributed by atoms with Crippen LogP contribution in [0.5, 0.6) is 0 Å². The molecule has 1 amide bonds. The van der Waals surface area contributed by atoms with Crippen LogP contribution >= 0.6 is 11.3 Å². The molecule has 2 atom stereocenters. The maximum Gasteiger partial charge on any atom is 0.234 e. The quantitative estimate of drug-likeness (QED) is 0.904. The van der Waals surface area contributed by atoms with Crippen molar-refractivity contribution in [1.82, 2.24) is 4.98 Å². The SMILES string of the molecule is CC(O)c1csc(NC(=O)C2Cc3ccccc32)n1. The van der Waals surface area contributed by atoms with Crippen LogP contribution in [0.3, 0.4) is 0 Å². The standard InChI is InChI=1S/C14H14N2O2S/c1-8(17)12-7-19-14(15-12)16-13(18)11-6-9-4-2-3-5-10(9)11/h2-5,7-8,11,17H,6H2,1H3,(H,15,16,18). The number of thiazole rings is 1. The highest BCUT2D eigenvalue weighted by Gasteiger charge is 2.32. The van der Waals surface area contributed by atoms with Gasteiger partial charge in [-0.05, 0) is 24.5 Å². The second kappa shape index (κ2) is 4.75. The molecule has 2 aromatic rings.